The van der Waals surface area contributed by atoms with Crippen LogP contribution in [0.2, 0.25) is 0 Å². The Morgan fingerprint density at radius 2 is 1.97 bits per heavy atom. The molecule has 1 saturated heterocycles. The second kappa shape index (κ2) is 10.4. The predicted molar refractivity (Wildman–Crippen MR) is 144 cm³/mol. The van der Waals surface area contributed by atoms with E-state index in [1.807, 2.05) is 18.7 Å². The van der Waals surface area contributed by atoms with Gasteiger partial charge in [-0.3, -0.25) is 14.3 Å². The third-order valence-electron chi connectivity index (χ3n) is 7.12. The first kappa shape index (κ1) is 26.7. The molecule has 3 aromatic rings. The van der Waals surface area contributed by atoms with E-state index in [0.29, 0.717) is 46.0 Å². The number of aromatic nitrogens is 3. The smallest absolute Gasteiger partial charge is 0.350 e. The number of thioether (sulfide) groups is 1. The summed E-state index contributed by atoms with van der Waals surface area (Å²) in [5, 5.41) is 0.421. The van der Waals surface area contributed by atoms with Crippen LogP contribution in [0.15, 0.2) is 51.3 Å². The number of amides is 1. The molecule has 3 atom stereocenters. The molecule has 0 unspecified atom stereocenters. The molecule has 12 heteroatoms. The highest BCUT2D eigenvalue weighted by Crippen LogP contribution is 2.46. The Morgan fingerprint density at radius 3 is 2.61 bits per heavy atom. The molecule has 2 aromatic heterocycles. The highest BCUT2D eigenvalue weighted by Gasteiger charge is 2.35. The number of rotatable bonds is 4. The van der Waals surface area contributed by atoms with Crippen molar-refractivity contribution in [2.24, 2.45) is 0 Å². The summed E-state index contributed by atoms with van der Waals surface area (Å²) in [5.74, 6) is -0.412. The topological polar surface area (TPSA) is 71.3 Å². The number of piperazine rings is 1. The van der Waals surface area contributed by atoms with E-state index in [0.717, 1.165) is 6.20 Å². The van der Waals surface area contributed by atoms with Crippen LogP contribution >= 0.6 is 27.7 Å². The van der Waals surface area contributed by atoms with Gasteiger partial charge in [0.2, 0.25) is 5.91 Å². The maximum atomic E-state index is 14.6. The Bertz CT molecular complexity index is 1490. The Kier molecular flexibility index (Phi) is 7.29. The predicted octanol–water partition coefficient (Wildman–Crippen LogP) is 5.13. The van der Waals surface area contributed by atoms with Crippen LogP contribution in [0.4, 0.5) is 19.0 Å². The highest BCUT2D eigenvalue weighted by molar-refractivity contribution is 9.10. The molecular weight excluding hydrogens is 583 g/mol. The van der Waals surface area contributed by atoms with Crippen LogP contribution in [-0.2, 0) is 11.3 Å². The van der Waals surface area contributed by atoms with Gasteiger partial charge in [-0.2, -0.15) is 4.98 Å². The first-order valence-electron chi connectivity index (χ1n) is 12.1. The Hall–Kier alpha value is -2.86. The van der Waals surface area contributed by atoms with Crippen molar-refractivity contribution in [3.63, 3.8) is 0 Å². The SMILES string of the molecule is C=CC(=O)N1[C@H](C)CN(c2nc(=O)n3c4c(c(Br)c(C(F)F)cc24)SC[C@@H](c2ccncc2F)C3)C[C@@H]1C. The summed E-state index contributed by atoms with van der Waals surface area (Å²) in [7, 11) is 0. The average Bonchev–Trinajstić information content (AvgIpc) is 3.08. The van der Waals surface area contributed by atoms with Gasteiger partial charge >= 0.3 is 5.69 Å². The molecule has 1 aromatic carbocycles. The van der Waals surface area contributed by atoms with Crippen LogP contribution in [0.1, 0.15) is 37.3 Å². The maximum Gasteiger partial charge on any atom is 0.350 e. The lowest BCUT2D eigenvalue weighted by molar-refractivity contribution is -0.130. The molecule has 4 heterocycles. The van der Waals surface area contributed by atoms with Crippen LogP contribution in [0.25, 0.3) is 10.9 Å². The first-order chi connectivity index (χ1) is 18.1. The van der Waals surface area contributed by atoms with Crippen LogP contribution in [-0.4, -0.2) is 56.3 Å². The van der Waals surface area contributed by atoms with Gasteiger partial charge in [0.1, 0.15) is 11.6 Å². The zero-order valence-electron chi connectivity index (χ0n) is 20.7. The Labute approximate surface area is 229 Å². The van der Waals surface area contributed by atoms with E-state index >= 15 is 0 Å². The number of benzene rings is 1. The van der Waals surface area contributed by atoms with E-state index in [-0.39, 0.29) is 34.6 Å². The van der Waals surface area contributed by atoms with E-state index in [1.165, 1.54) is 34.7 Å². The standard InChI is InChI=1S/C26H25BrF3N5O2S/c1-4-20(36)35-13(2)9-33(10-14(35)3)25-18-7-17(24(29)30)21(27)23-22(18)34(26(37)32-25)11-15(12-38-23)16-5-6-31-8-19(16)28/h4-8,13-15,24H,1,9-12H2,2-3H3/t13-,14+,15-/m0/s1. The number of carbonyl (C=O) groups excluding carboxylic acids is 1. The fraction of sp³-hybridized carbons (Fsp3) is 0.385. The summed E-state index contributed by atoms with van der Waals surface area (Å²) in [5.41, 5.74) is 0.143. The zero-order valence-corrected chi connectivity index (χ0v) is 23.1. The van der Waals surface area contributed by atoms with E-state index in [4.69, 9.17) is 0 Å². The molecule has 0 aliphatic carbocycles. The van der Waals surface area contributed by atoms with Gasteiger partial charge in [-0.05, 0) is 53.5 Å². The molecule has 0 N–H and O–H groups in total. The summed E-state index contributed by atoms with van der Waals surface area (Å²) in [6.07, 6.45) is 1.12. The van der Waals surface area contributed by atoms with Crippen molar-refractivity contribution in [1.82, 2.24) is 19.4 Å². The third-order valence-corrected chi connectivity index (χ3v) is 9.50. The molecule has 38 heavy (non-hydrogen) atoms. The number of hydrogen-bond acceptors (Lipinski definition) is 6. The van der Waals surface area contributed by atoms with Gasteiger partial charge < -0.3 is 9.80 Å². The van der Waals surface area contributed by atoms with Crippen molar-refractivity contribution in [3.05, 3.63) is 69.1 Å². The number of anilines is 1. The van der Waals surface area contributed by atoms with Gasteiger partial charge in [-0.15, -0.1) is 11.8 Å². The fourth-order valence-electron chi connectivity index (χ4n) is 5.49. The molecule has 0 spiro atoms. The van der Waals surface area contributed by atoms with Crippen molar-refractivity contribution < 1.29 is 18.0 Å². The van der Waals surface area contributed by atoms with Crippen molar-refractivity contribution >= 4 is 50.3 Å². The zero-order chi connectivity index (χ0) is 27.3. The second-order valence-corrected chi connectivity index (χ2v) is 11.4. The summed E-state index contributed by atoms with van der Waals surface area (Å²) in [4.78, 5) is 38.2. The molecule has 0 bridgehead atoms. The lowest BCUT2D eigenvalue weighted by atomic mass is 10.0. The first-order valence-corrected chi connectivity index (χ1v) is 13.9. The van der Waals surface area contributed by atoms with Gasteiger partial charge in [0, 0.05) is 69.9 Å². The molecule has 0 saturated carbocycles. The lowest BCUT2D eigenvalue weighted by Gasteiger charge is -2.44. The Balaban J connectivity index is 1.69. The number of hydrogen-bond donors (Lipinski definition) is 0. The fourth-order valence-corrected chi connectivity index (χ4v) is 7.56. The molecule has 1 fully saturated rings. The van der Waals surface area contributed by atoms with Gasteiger partial charge in [0.25, 0.3) is 6.43 Å². The van der Waals surface area contributed by atoms with Crippen LogP contribution in [0.5, 0.6) is 0 Å². The summed E-state index contributed by atoms with van der Waals surface area (Å²) >= 11 is 4.67. The summed E-state index contributed by atoms with van der Waals surface area (Å²) in [6.45, 7) is 8.22. The van der Waals surface area contributed by atoms with Gasteiger partial charge in [-0.25, -0.2) is 18.0 Å². The van der Waals surface area contributed by atoms with E-state index in [2.05, 4.69) is 32.5 Å². The summed E-state index contributed by atoms with van der Waals surface area (Å²) < 4.78 is 44.7. The normalized spacial score (nSPS) is 21.6. The molecule has 200 valence electrons. The minimum Gasteiger partial charge on any atom is -0.352 e. The second-order valence-electron chi connectivity index (χ2n) is 9.59. The van der Waals surface area contributed by atoms with Crippen molar-refractivity contribution in [2.75, 3.05) is 23.7 Å². The Morgan fingerprint density at radius 1 is 1.26 bits per heavy atom. The quantitative estimate of drug-likeness (QED) is 0.383. The van der Waals surface area contributed by atoms with E-state index < -0.39 is 23.9 Å². The van der Waals surface area contributed by atoms with Crippen molar-refractivity contribution in [3.8, 4) is 0 Å². The maximum absolute atomic E-state index is 14.6. The highest BCUT2D eigenvalue weighted by atomic mass is 79.9. The van der Waals surface area contributed by atoms with Crippen LogP contribution in [0.3, 0.4) is 0 Å². The minimum absolute atomic E-state index is 0.137. The van der Waals surface area contributed by atoms with Crippen molar-refractivity contribution in [2.45, 2.75) is 49.7 Å². The minimum atomic E-state index is -2.77. The lowest BCUT2D eigenvalue weighted by Crippen LogP contribution is -2.58. The van der Waals surface area contributed by atoms with Crippen molar-refractivity contribution in [1.29, 1.82) is 0 Å². The molecule has 1 amide bonds. The average molecular weight is 608 g/mol. The molecule has 5 rings (SSSR count). The molecule has 2 aliphatic heterocycles. The number of alkyl halides is 2. The van der Waals surface area contributed by atoms with Crippen LogP contribution < -0.4 is 10.6 Å². The van der Waals surface area contributed by atoms with Gasteiger partial charge in [0.15, 0.2) is 0 Å². The largest absolute Gasteiger partial charge is 0.352 e. The van der Waals surface area contributed by atoms with Gasteiger partial charge in [0.05, 0.1) is 11.7 Å². The van der Waals surface area contributed by atoms with E-state index in [1.54, 1.807) is 11.0 Å². The third kappa shape index (κ3) is 4.51. The van der Waals surface area contributed by atoms with Crippen LogP contribution in [0, 0.1) is 5.82 Å². The number of nitrogens with zero attached hydrogens (tertiary/aromatic N) is 5. The molecule has 2 aliphatic rings. The molecular formula is C26H25BrF3N5O2S. The molecule has 7 nitrogen and oxygen atoms in total. The number of pyridine rings is 1. The van der Waals surface area contributed by atoms with Gasteiger partial charge in [-0.1, -0.05) is 6.58 Å². The monoisotopic (exact) mass is 607 g/mol. The summed E-state index contributed by atoms with van der Waals surface area (Å²) in [6, 6.07) is 2.51. The number of halogens is 4. The molecule has 0 radical (unpaired) electrons. The number of carbonyl (C=O) groups is 1. The van der Waals surface area contributed by atoms with E-state index in [9.17, 15) is 22.8 Å².